The molecule has 1 atom stereocenters. The number of rotatable bonds is 5. The van der Waals surface area contributed by atoms with Crippen molar-refractivity contribution in [3.63, 3.8) is 0 Å². The zero-order valence-corrected chi connectivity index (χ0v) is 12.3. The Morgan fingerprint density at radius 3 is 2.79 bits per heavy atom. The van der Waals surface area contributed by atoms with Crippen molar-refractivity contribution < 1.29 is 0 Å². The fourth-order valence-electron chi connectivity index (χ4n) is 2.09. The molecular formula is C15H19N3S. The Hall–Kier alpha value is -1.44. The summed E-state index contributed by atoms with van der Waals surface area (Å²) < 4.78 is 0. The van der Waals surface area contributed by atoms with Gasteiger partial charge >= 0.3 is 0 Å². The summed E-state index contributed by atoms with van der Waals surface area (Å²) in [5, 5.41) is 14.9. The van der Waals surface area contributed by atoms with Gasteiger partial charge in [0.2, 0.25) is 0 Å². The van der Waals surface area contributed by atoms with E-state index in [1.54, 1.807) is 11.8 Å². The second-order valence-corrected chi connectivity index (χ2v) is 6.27. The highest BCUT2D eigenvalue weighted by Crippen LogP contribution is 2.26. The van der Waals surface area contributed by atoms with Crippen LogP contribution in [-0.2, 0) is 0 Å². The number of aromatic amines is 1. The molecule has 0 aliphatic heterocycles. The minimum Gasteiger partial charge on any atom is -0.350 e. The number of fused-ring (bicyclic) bond motifs is 1. The van der Waals surface area contributed by atoms with Crippen molar-refractivity contribution in [2.45, 2.75) is 37.4 Å². The normalized spacial score (nSPS) is 14.5. The summed E-state index contributed by atoms with van der Waals surface area (Å²) in [4.78, 5) is 3.37. The predicted molar refractivity (Wildman–Crippen MR) is 81.3 cm³/mol. The minimum atomic E-state index is -0.504. The highest BCUT2D eigenvalue weighted by Gasteiger charge is 2.24. The molecule has 1 heterocycles. The molecule has 100 valence electrons. The van der Waals surface area contributed by atoms with E-state index in [-0.39, 0.29) is 0 Å². The molecule has 0 saturated heterocycles. The Morgan fingerprint density at radius 1 is 1.42 bits per heavy atom. The van der Waals surface area contributed by atoms with Crippen LogP contribution in [0.4, 0.5) is 0 Å². The number of thioether (sulfide) groups is 1. The van der Waals surface area contributed by atoms with E-state index in [1.165, 1.54) is 5.39 Å². The fourth-order valence-corrected chi connectivity index (χ4v) is 3.07. The zero-order chi connectivity index (χ0) is 13.9. The molecule has 0 amide bonds. The number of nitrogens with zero attached hydrogens (tertiary/aromatic N) is 1. The van der Waals surface area contributed by atoms with E-state index in [0.717, 1.165) is 10.5 Å². The molecule has 1 aromatic carbocycles. The van der Waals surface area contributed by atoms with E-state index < -0.39 is 5.54 Å². The van der Waals surface area contributed by atoms with Gasteiger partial charge < -0.3 is 4.98 Å². The Kier molecular flexibility index (Phi) is 4.18. The number of nitriles is 1. The monoisotopic (exact) mass is 273 g/mol. The number of aromatic nitrogens is 1. The Morgan fingerprint density at radius 2 is 2.16 bits per heavy atom. The molecule has 0 radical (unpaired) electrons. The Balaban J connectivity index is 2.07. The third kappa shape index (κ3) is 3.52. The standard InChI is InChI=1S/C15H19N3S/c1-11(2)18-15(3,9-16)10-19-14-8-12-6-4-5-7-13(12)17-14/h4-8,11,17-18H,10H2,1-3H3. The molecule has 2 N–H and O–H groups in total. The van der Waals surface area contributed by atoms with Crippen LogP contribution >= 0.6 is 11.8 Å². The molecule has 0 saturated carbocycles. The summed E-state index contributed by atoms with van der Waals surface area (Å²) in [5.74, 6) is 0.717. The van der Waals surface area contributed by atoms with Gasteiger partial charge in [0.25, 0.3) is 0 Å². The summed E-state index contributed by atoms with van der Waals surface area (Å²) >= 11 is 1.68. The summed E-state index contributed by atoms with van der Waals surface area (Å²) in [6.45, 7) is 6.06. The van der Waals surface area contributed by atoms with Gasteiger partial charge in [-0.2, -0.15) is 5.26 Å². The predicted octanol–water partition coefficient (Wildman–Crippen LogP) is 3.54. The van der Waals surface area contributed by atoms with Crippen molar-refractivity contribution in [1.82, 2.24) is 10.3 Å². The number of para-hydroxylation sites is 1. The van der Waals surface area contributed by atoms with Crippen molar-refractivity contribution in [3.05, 3.63) is 30.3 Å². The summed E-state index contributed by atoms with van der Waals surface area (Å²) in [5.41, 5.74) is 0.635. The first-order chi connectivity index (χ1) is 9.02. The number of H-pyrrole nitrogens is 1. The van der Waals surface area contributed by atoms with Crippen LogP contribution in [0.25, 0.3) is 10.9 Å². The average Bonchev–Trinajstić information content (AvgIpc) is 2.78. The van der Waals surface area contributed by atoms with Crippen molar-refractivity contribution in [3.8, 4) is 6.07 Å². The third-order valence-corrected chi connectivity index (χ3v) is 4.13. The first-order valence-corrected chi connectivity index (χ1v) is 7.40. The van der Waals surface area contributed by atoms with Gasteiger partial charge in [0.1, 0.15) is 5.54 Å². The molecule has 2 aromatic rings. The van der Waals surface area contributed by atoms with Gasteiger partial charge in [0, 0.05) is 22.7 Å². The molecule has 3 nitrogen and oxygen atoms in total. The van der Waals surface area contributed by atoms with Crippen molar-refractivity contribution in [2.75, 3.05) is 5.75 Å². The van der Waals surface area contributed by atoms with E-state index in [0.29, 0.717) is 11.8 Å². The SMILES string of the molecule is CC(C)NC(C)(C#N)CSc1cc2ccccc2[nH]1. The number of nitrogens with one attached hydrogen (secondary N) is 2. The van der Waals surface area contributed by atoms with Gasteiger partial charge in [0.05, 0.1) is 11.1 Å². The van der Waals surface area contributed by atoms with Gasteiger partial charge in [-0.15, -0.1) is 11.8 Å². The first-order valence-electron chi connectivity index (χ1n) is 6.42. The minimum absolute atomic E-state index is 0.299. The lowest BCUT2D eigenvalue weighted by Crippen LogP contribution is -2.47. The van der Waals surface area contributed by atoms with Crippen LogP contribution in [0, 0.1) is 11.3 Å². The maximum atomic E-state index is 9.32. The van der Waals surface area contributed by atoms with E-state index in [1.807, 2.05) is 19.1 Å². The molecule has 19 heavy (non-hydrogen) atoms. The topological polar surface area (TPSA) is 51.6 Å². The van der Waals surface area contributed by atoms with E-state index in [9.17, 15) is 5.26 Å². The van der Waals surface area contributed by atoms with Crippen molar-refractivity contribution >= 4 is 22.7 Å². The second kappa shape index (κ2) is 5.68. The maximum Gasteiger partial charge on any atom is 0.113 e. The number of hydrogen-bond acceptors (Lipinski definition) is 3. The highest BCUT2D eigenvalue weighted by molar-refractivity contribution is 7.99. The summed E-state index contributed by atoms with van der Waals surface area (Å²) in [7, 11) is 0. The van der Waals surface area contributed by atoms with Crippen molar-refractivity contribution in [2.24, 2.45) is 0 Å². The third-order valence-electron chi connectivity index (χ3n) is 2.88. The van der Waals surface area contributed by atoms with Gasteiger partial charge in [-0.3, -0.25) is 5.32 Å². The van der Waals surface area contributed by atoms with Gasteiger partial charge in [0.15, 0.2) is 0 Å². The van der Waals surface area contributed by atoms with Crippen LogP contribution in [0.1, 0.15) is 20.8 Å². The Labute approximate surface area is 118 Å². The molecule has 0 spiro atoms. The van der Waals surface area contributed by atoms with Crippen LogP contribution in [0.15, 0.2) is 35.4 Å². The van der Waals surface area contributed by atoms with Gasteiger partial charge in [-0.25, -0.2) is 0 Å². The average molecular weight is 273 g/mol. The van der Waals surface area contributed by atoms with E-state index >= 15 is 0 Å². The van der Waals surface area contributed by atoms with E-state index in [4.69, 9.17) is 0 Å². The molecule has 4 heteroatoms. The lowest BCUT2D eigenvalue weighted by molar-refractivity contribution is 0.443. The lowest BCUT2D eigenvalue weighted by Gasteiger charge is -2.25. The molecular weight excluding hydrogens is 254 g/mol. The first kappa shape index (κ1) is 14.0. The lowest BCUT2D eigenvalue weighted by atomic mass is 10.1. The fraction of sp³-hybridized carbons (Fsp3) is 0.400. The van der Waals surface area contributed by atoms with Crippen LogP contribution in [-0.4, -0.2) is 22.3 Å². The maximum absolute atomic E-state index is 9.32. The van der Waals surface area contributed by atoms with Crippen LogP contribution in [0.3, 0.4) is 0 Å². The molecule has 0 aliphatic rings. The van der Waals surface area contributed by atoms with Crippen LogP contribution < -0.4 is 5.32 Å². The molecule has 0 aliphatic carbocycles. The summed E-state index contributed by atoms with van der Waals surface area (Å²) in [6, 6.07) is 13.0. The molecule has 2 rings (SSSR count). The van der Waals surface area contributed by atoms with Crippen LogP contribution in [0.2, 0.25) is 0 Å². The zero-order valence-electron chi connectivity index (χ0n) is 11.5. The number of benzene rings is 1. The summed E-state index contributed by atoms with van der Waals surface area (Å²) in [6.07, 6.45) is 0. The quantitative estimate of drug-likeness (QED) is 0.819. The Bertz CT molecular complexity index is 564. The molecule has 0 bridgehead atoms. The van der Waals surface area contributed by atoms with E-state index in [2.05, 4.69) is 48.4 Å². The van der Waals surface area contributed by atoms with Crippen LogP contribution in [0.5, 0.6) is 0 Å². The van der Waals surface area contributed by atoms with Crippen molar-refractivity contribution in [1.29, 1.82) is 5.26 Å². The smallest absolute Gasteiger partial charge is 0.113 e. The molecule has 1 aromatic heterocycles. The molecule has 0 fully saturated rings. The molecule has 1 unspecified atom stereocenters. The largest absolute Gasteiger partial charge is 0.350 e. The second-order valence-electron chi connectivity index (χ2n) is 5.25. The van der Waals surface area contributed by atoms with Gasteiger partial charge in [-0.05, 0) is 32.9 Å². The van der Waals surface area contributed by atoms with Gasteiger partial charge in [-0.1, -0.05) is 18.2 Å². The highest BCUT2D eigenvalue weighted by atomic mass is 32.2. The number of hydrogen-bond donors (Lipinski definition) is 2.